The van der Waals surface area contributed by atoms with E-state index in [9.17, 15) is 4.79 Å². The van der Waals surface area contributed by atoms with Crippen molar-refractivity contribution in [2.24, 2.45) is 5.73 Å². The van der Waals surface area contributed by atoms with E-state index in [4.69, 9.17) is 5.73 Å². The van der Waals surface area contributed by atoms with Crippen LogP contribution in [-0.2, 0) is 4.79 Å². The molecule has 0 bridgehead atoms. The summed E-state index contributed by atoms with van der Waals surface area (Å²) in [5, 5.41) is 0. The van der Waals surface area contributed by atoms with Gasteiger partial charge in [0.1, 0.15) is 0 Å². The van der Waals surface area contributed by atoms with Crippen molar-refractivity contribution < 1.29 is 4.79 Å². The smallest absolute Gasteiger partial charge is 0.224 e. The molecule has 1 aromatic rings. The summed E-state index contributed by atoms with van der Waals surface area (Å²) in [7, 11) is 0. The molecule has 1 amide bonds. The van der Waals surface area contributed by atoms with E-state index in [1.54, 1.807) is 0 Å². The van der Waals surface area contributed by atoms with Gasteiger partial charge in [-0.2, -0.15) is 0 Å². The lowest BCUT2D eigenvalue weighted by Crippen LogP contribution is -2.32. The number of benzene rings is 1. The molecule has 2 atom stereocenters. The number of hydrogen-bond acceptors (Lipinski definition) is 2. The van der Waals surface area contributed by atoms with Gasteiger partial charge in [-0.05, 0) is 24.6 Å². The minimum Gasteiger partial charge on any atom is -0.334 e. The molecule has 1 aromatic carbocycles. The Balaban J connectivity index is 2.35. The molecule has 1 aliphatic heterocycles. The van der Waals surface area contributed by atoms with Crippen molar-refractivity contribution in [2.75, 3.05) is 6.54 Å². The predicted octanol–water partition coefficient (Wildman–Crippen LogP) is 2.07. The number of carbonyl (C=O) groups excluding carboxylic acids is 1. The first-order valence-corrected chi connectivity index (χ1v) is 6.23. The highest BCUT2D eigenvalue weighted by Gasteiger charge is 2.37. The molecule has 1 heterocycles. The third-order valence-electron chi connectivity index (χ3n) is 3.00. The van der Waals surface area contributed by atoms with Crippen molar-refractivity contribution in [1.82, 2.24) is 4.90 Å². The monoisotopic (exact) mass is 282 g/mol. The number of likely N-dealkylation sites (N-methyl/N-ethyl adjacent to an activating group) is 1. The Hall–Kier alpha value is -0.870. The first-order chi connectivity index (χ1) is 7.63. The van der Waals surface area contributed by atoms with E-state index in [2.05, 4.69) is 15.9 Å². The molecule has 0 radical (unpaired) electrons. The van der Waals surface area contributed by atoms with Crippen LogP contribution in [0, 0.1) is 0 Å². The van der Waals surface area contributed by atoms with Crippen molar-refractivity contribution >= 4 is 21.8 Å². The molecule has 0 saturated carbocycles. The molecule has 16 heavy (non-hydrogen) atoms. The average Bonchev–Trinajstić information content (AvgIpc) is 2.52. The van der Waals surface area contributed by atoms with Crippen LogP contribution in [0.4, 0.5) is 0 Å². The SMILES string of the molecule is CCN1C(=O)CC(N)C1c1cccc(Br)c1. The van der Waals surface area contributed by atoms with Gasteiger partial charge in [-0.1, -0.05) is 28.1 Å². The zero-order chi connectivity index (χ0) is 11.7. The summed E-state index contributed by atoms with van der Waals surface area (Å²) in [6.45, 7) is 2.70. The lowest BCUT2D eigenvalue weighted by atomic mass is 10.0. The molecule has 0 spiro atoms. The number of likely N-dealkylation sites (tertiary alicyclic amines) is 1. The van der Waals surface area contributed by atoms with Crippen LogP contribution < -0.4 is 5.73 Å². The van der Waals surface area contributed by atoms with Gasteiger partial charge in [0.2, 0.25) is 5.91 Å². The van der Waals surface area contributed by atoms with Crippen LogP contribution in [0.25, 0.3) is 0 Å². The van der Waals surface area contributed by atoms with E-state index in [1.807, 2.05) is 36.1 Å². The number of rotatable bonds is 2. The maximum absolute atomic E-state index is 11.7. The number of carbonyl (C=O) groups is 1. The van der Waals surface area contributed by atoms with E-state index in [0.717, 1.165) is 10.0 Å². The van der Waals surface area contributed by atoms with Crippen LogP contribution in [0.3, 0.4) is 0 Å². The molecule has 2 N–H and O–H groups in total. The molecule has 1 saturated heterocycles. The number of nitrogens with zero attached hydrogens (tertiary/aromatic N) is 1. The quantitative estimate of drug-likeness (QED) is 0.903. The molecule has 4 heteroatoms. The first kappa shape index (κ1) is 11.6. The van der Waals surface area contributed by atoms with Gasteiger partial charge in [0.25, 0.3) is 0 Å². The lowest BCUT2D eigenvalue weighted by Gasteiger charge is -2.26. The van der Waals surface area contributed by atoms with Crippen LogP contribution >= 0.6 is 15.9 Å². The summed E-state index contributed by atoms with van der Waals surface area (Å²) in [6.07, 6.45) is 0.449. The van der Waals surface area contributed by atoms with Gasteiger partial charge in [0, 0.05) is 23.5 Å². The predicted molar refractivity (Wildman–Crippen MR) is 66.9 cm³/mol. The molecule has 1 fully saturated rings. The minimum absolute atomic E-state index is 0.0231. The zero-order valence-electron chi connectivity index (χ0n) is 9.19. The van der Waals surface area contributed by atoms with Gasteiger partial charge in [-0.15, -0.1) is 0 Å². The second-order valence-electron chi connectivity index (χ2n) is 4.05. The maximum atomic E-state index is 11.7. The van der Waals surface area contributed by atoms with Crippen LogP contribution in [-0.4, -0.2) is 23.4 Å². The Morgan fingerprint density at radius 1 is 1.56 bits per heavy atom. The van der Waals surface area contributed by atoms with Gasteiger partial charge in [-0.25, -0.2) is 0 Å². The third-order valence-corrected chi connectivity index (χ3v) is 3.50. The Labute approximate surface area is 104 Å². The molecule has 86 valence electrons. The Morgan fingerprint density at radius 2 is 2.31 bits per heavy atom. The van der Waals surface area contributed by atoms with E-state index in [0.29, 0.717) is 13.0 Å². The van der Waals surface area contributed by atoms with Crippen LogP contribution in [0.1, 0.15) is 24.9 Å². The number of halogens is 1. The highest BCUT2D eigenvalue weighted by Crippen LogP contribution is 2.32. The lowest BCUT2D eigenvalue weighted by molar-refractivity contribution is -0.128. The normalized spacial score (nSPS) is 25.2. The summed E-state index contributed by atoms with van der Waals surface area (Å²) in [5.41, 5.74) is 7.15. The molecule has 2 unspecified atom stereocenters. The standard InChI is InChI=1S/C12H15BrN2O/c1-2-15-11(16)7-10(14)12(15)8-4-3-5-9(13)6-8/h3-6,10,12H,2,7,14H2,1H3. The molecule has 0 aromatic heterocycles. The number of nitrogens with two attached hydrogens (primary N) is 1. The highest BCUT2D eigenvalue weighted by molar-refractivity contribution is 9.10. The van der Waals surface area contributed by atoms with Crippen LogP contribution in [0.2, 0.25) is 0 Å². The van der Waals surface area contributed by atoms with E-state index < -0.39 is 0 Å². The van der Waals surface area contributed by atoms with Crippen LogP contribution in [0.5, 0.6) is 0 Å². The van der Waals surface area contributed by atoms with Crippen molar-refractivity contribution in [1.29, 1.82) is 0 Å². The minimum atomic E-state index is -0.0956. The third kappa shape index (κ3) is 1.99. The maximum Gasteiger partial charge on any atom is 0.224 e. The Morgan fingerprint density at radius 3 is 2.94 bits per heavy atom. The van der Waals surface area contributed by atoms with Gasteiger partial charge < -0.3 is 10.6 Å². The number of amides is 1. The van der Waals surface area contributed by atoms with Gasteiger partial charge in [0.05, 0.1) is 6.04 Å². The second kappa shape index (κ2) is 4.55. The van der Waals surface area contributed by atoms with Crippen molar-refractivity contribution in [3.8, 4) is 0 Å². The number of hydrogen-bond donors (Lipinski definition) is 1. The summed E-state index contributed by atoms with van der Waals surface area (Å²) < 4.78 is 1.02. The van der Waals surface area contributed by atoms with E-state index in [1.165, 1.54) is 0 Å². The Bertz CT molecular complexity index is 408. The molecule has 3 nitrogen and oxygen atoms in total. The van der Waals surface area contributed by atoms with E-state index in [-0.39, 0.29) is 18.0 Å². The van der Waals surface area contributed by atoms with Gasteiger partial charge in [-0.3, -0.25) is 4.79 Å². The van der Waals surface area contributed by atoms with E-state index >= 15 is 0 Å². The average molecular weight is 283 g/mol. The summed E-state index contributed by atoms with van der Waals surface area (Å²) in [4.78, 5) is 13.6. The topological polar surface area (TPSA) is 46.3 Å². The van der Waals surface area contributed by atoms with Crippen molar-refractivity contribution in [3.63, 3.8) is 0 Å². The van der Waals surface area contributed by atoms with Crippen molar-refractivity contribution in [3.05, 3.63) is 34.3 Å². The summed E-state index contributed by atoms with van der Waals surface area (Å²) in [6, 6.07) is 7.93. The summed E-state index contributed by atoms with van der Waals surface area (Å²) in [5.74, 6) is 0.153. The fraction of sp³-hybridized carbons (Fsp3) is 0.417. The second-order valence-corrected chi connectivity index (χ2v) is 4.96. The first-order valence-electron chi connectivity index (χ1n) is 5.44. The largest absolute Gasteiger partial charge is 0.334 e. The van der Waals surface area contributed by atoms with Crippen LogP contribution in [0.15, 0.2) is 28.7 Å². The molecule has 1 aliphatic rings. The Kier molecular flexibility index (Phi) is 3.30. The zero-order valence-corrected chi connectivity index (χ0v) is 10.8. The fourth-order valence-corrected chi connectivity index (χ4v) is 2.72. The molecular formula is C12H15BrN2O. The molecular weight excluding hydrogens is 268 g/mol. The van der Waals surface area contributed by atoms with Crippen molar-refractivity contribution in [2.45, 2.75) is 25.4 Å². The van der Waals surface area contributed by atoms with Gasteiger partial charge >= 0.3 is 0 Å². The van der Waals surface area contributed by atoms with Gasteiger partial charge in [0.15, 0.2) is 0 Å². The summed E-state index contributed by atoms with van der Waals surface area (Å²) >= 11 is 3.44. The fourth-order valence-electron chi connectivity index (χ4n) is 2.31. The highest BCUT2D eigenvalue weighted by atomic mass is 79.9. The molecule has 2 rings (SSSR count). The molecule has 0 aliphatic carbocycles.